The summed E-state index contributed by atoms with van der Waals surface area (Å²) in [6, 6.07) is 4.23. The number of amides is 1. The average Bonchev–Trinajstić information content (AvgIpc) is 2.35. The molecule has 0 aliphatic heterocycles. The minimum atomic E-state index is -1.14. The molecule has 0 aliphatic carbocycles. The normalized spacial score (nSPS) is 9.89. The maximum absolute atomic E-state index is 11.3. The van der Waals surface area contributed by atoms with Gasteiger partial charge in [0.15, 0.2) is 6.61 Å². The third kappa shape index (κ3) is 4.25. The van der Waals surface area contributed by atoms with E-state index in [-0.39, 0.29) is 23.1 Å². The smallest absolute Gasteiger partial charge is 0.337 e. The third-order valence-corrected chi connectivity index (χ3v) is 2.44. The van der Waals surface area contributed by atoms with E-state index in [9.17, 15) is 9.59 Å². The lowest BCUT2D eigenvalue weighted by Gasteiger charge is -2.08. The number of halogens is 1. The van der Waals surface area contributed by atoms with Crippen molar-refractivity contribution < 1.29 is 19.4 Å². The Balaban J connectivity index is 2.60. The lowest BCUT2D eigenvalue weighted by atomic mass is 10.2. The fourth-order valence-electron chi connectivity index (χ4n) is 1.22. The van der Waals surface area contributed by atoms with Crippen LogP contribution in [0.4, 0.5) is 0 Å². The van der Waals surface area contributed by atoms with Crippen LogP contribution < -0.4 is 10.1 Å². The molecule has 0 atom stereocenters. The van der Waals surface area contributed by atoms with Crippen LogP contribution in [0.1, 0.15) is 23.7 Å². The van der Waals surface area contributed by atoms with Gasteiger partial charge in [-0.1, -0.05) is 18.5 Å². The Morgan fingerprint density at radius 1 is 1.44 bits per heavy atom. The van der Waals surface area contributed by atoms with E-state index >= 15 is 0 Å². The van der Waals surface area contributed by atoms with Gasteiger partial charge in [-0.25, -0.2) is 4.79 Å². The van der Waals surface area contributed by atoms with Gasteiger partial charge in [0.1, 0.15) is 5.75 Å². The zero-order valence-corrected chi connectivity index (χ0v) is 10.7. The summed E-state index contributed by atoms with van der Waals surface area (Å²) in [4.78, 5) is 22.1. The summed E-state index contributed by atoms with van der Waals surface area (Å²) in [7, 11) is 0. The van der Waals surface area contributed by atoms with Crippen molar-refractivity contribution in [1.82, 2.24) is 5.32 Å². The Hall–Kier alpha value is -1.75. The van der Waals surface area contributed by atoms with Gasteiger partial charge in [0, 0.05) is 6.54 Å². The van der Waals surface area contributed by atoms with Crippen LogP contribution in [0.5, 0.6) is 5.75 Å². The van der Waals surface area contributed by atoms with E-state index in [0.717, 1.165) is 6.42 Å². The summed E-state index contributed by atoms with van der Waals surface area (Å²) in [5.74, 6) is -1.09. The lowest BCUT2D eigenvalue weighted by Crippen LogP contribution is -2.29. The van der Waals surface area contributed by atoms with Crippen LogP contribution in [-0.4, -0.2) is 30.1 Å². The summed E-state index contributed by atoms with van der Waals surface area (Å²) >= 11 is 5.71. The summed E-state index contributed by atoms with van der Waals surface area (Å²) in [5, 5.41) is 11.6. The Bertz CT molecular complexity index is 448. The van der Waals surface area contributed by atoms with Gasteiger partial charge in [0.05, 0.1) is 10.6 Å². The zero-order chi connectivity index (χ0) is 13.5. The van der Waals surface area contributed by atoms with Gasteiger partial charge in [0.25, 0.3) is 5.91 Å². The first-order valence-corrected chi connectivity index (χ1v) is 5.84. The molecule has 0 spiro atoms. The number of carbonyl (C=O) groups is 2. The van der Waals surface area contributed by atoms with Gasteiger partial charge in [-0.05, 0) is 24.6 Å². The molecule has 1 amide bonds. The van der Waals surface area contributed by atoms with E-state index < -0.39 is 5.97 Å². The predicted octanol–water partition coefficient (Wildman–Crippen LogP) is 1.94. The van der Waals surface area contributed by atoms with Crippen molar-refractivity contribution >= 4 is 23.5 Å². The fraction of sp³-hybridized carbons (Fsp3) is 0.333. The van der Waals surface area contributed by atoms with Crippen molar-refractivity contribution in [2.45, 2.75) is 13.3 Å². The Kier molecular flexibility index (Phi) is 5.45. The van der Waals surface area contributed by atoms with Gasteiger partial charge < -0.3 is 15.2 Å². The standard InChI is InChI=1S/C12H14ClNO4/c1-2-5-14-11(15)7-18-8-3-4-10(13)9(6-8)12(16)17/h3-4,6H,2,5,7H2,1H3,(H,14,15)(H,16,17). The largest absolute Gasteiger partial charge is 0.484 e. The highest BCUT2D eigenvalue weighted by molar-refractivity contribution is 6.33. The van der Waals surface area contributed by atoms with E-state index in [1.807, 2.05) is 6.92 Å². The minimum Gasteiger partial charge on any atom is -0.484 e. The van der Waals surface area contributed by atoms with Crippen molar-refractivity contribution in [3.8, 4) is 5.75 Å². The van der Waals surface area contributed by atoms with Crippen LogP contribution in [0.25, 0.3) is 0 Å². The van der Waals surface area contributed by atoms with Crippen LogP contribution >= 0.6 is 11.6 Å². The Labute approximate surface area is 110 Å². The number of carbonyl (C=O) groups excluding carboxylic acids is 1. The van der Waals surface area contributed by atoms with Gasteiger partial charge in [0.2, 0.25) is 0 Å². The molecule has 0 radical (unpaired) electrons. The number of carboxylic acid groups (broad SMARTS) is 1. The molecule has 0 bridgehead atoms. The summed E-state index contributed by atoms with van der Waals surface area (Å²) in [6.45, 7) is 2.38. The summed E-state index contributed by atoms with van der Waals surface area (Å²) in [6.07, 6.45) is 0.843. The number of hydrogen-bond acceptors (Lipinski definition) is 3. The van der Waals surface area contributed by atoms with Gasteiger partial charge in [-0.15, -0.1) is 0 Å². The van der Waals surface area contributed by atoms with Crippen LogP contribution in [0, 0.1) is 0 Å². The minimum absolute atomic E-state index is 0.0527. The number of nitrogens with one attached hydrogen (secondary N) is 1. The second kappa shape index (κ2) is 6.86. The summed E-state index contributed by atoms with van der Waals surface area (Å²) < 4.78 is 5.18. The highest BCUT2D eigenvalue weighted by Crippen LogP contribution is 2.21. The molecule has 1 aromatic rings. The molecule has 0 fully saturated rings. The van der Waals surface area contributed by atoms with Crippen LogP contribution in [0.3, 0.4) is 0 Å². The highest BCUT2D eigenvalue weighted by atomic mass is 35.5. The van der Waals surface area contributed by atoms with Crippen LogP contribution in [0.2, 0.25) is 5.02 Å². The Morgan fingerprint density at radius 3 is 2.78 bits per heavy atom. The van der Waals surface area contributed by atoms with Crippen molar-refractivity contribution in [3.63, 3.8) is 0 Å². The topological polar surface area (TPSA) is 75.6 Å². The second-order valence-corrected chi connectivity index (χ2v) is 3.99. The molecular formula is C12H14ClNO4. The predicted molar refractivity (Wildman–Crippen MR) is 67.2 cm³/mol. The van der Waals surface area contributed by atoms with Crippen molar-refractivity contribution in [1.29, 1.82) is 0 Å². The summed E-state index contributed by atoms with van der Waals surface area (Å²) in [5.41, 5.74) is -0.0527. The number of benzene rings is 1. The van der Waals surface area contributed by atoms with Gasteiger partial charge in [-0.3, -0.25) is 4.79 Å². The first kappa shape index (κ1) is 14.3. The highest BCUT2D eigenvalue weighted by Gasteiger charge is 2.10. The SMILES string of the molecule is CCCNC(=O)COc1ccc(Cl)c(C(=O)O)c1. The van der Waals surface area contributed by atoms with Crippen molar-refractivity contribution in [2.75, 3.05) is 13.2 Å². The number of carboxylic acids is 1. The quantitative estimate of drug-likeness (QED) is 0.829. The zero-order valence-electron chi connectivity index (χ0n) is 9.90. The molecule has 18 heavy (non-hydrogen) atoms. The van der Waals surface area contributed by atoms with Gasteiger partial charge >= 0.3 is 5.97 Å². The van der Waals surface area contributed by atoms with E-state index in [1.54, 1.807) is 0 Å². The molecule has 1 rings (SSSR count). The third-order valence-electron chi connectivity index (χ3n) is 2.11. The van der Waals surface area contributed by atoms with Crippen LogP contribution in [0.15, 0.2) is 18.2 Å². The molecule has 5 nitrogen and oxygen atoms in total. The monoisotopic (exact) mass is 271 g/mol. The van der Waals surface area contributed by atoms with E-state index in [0.29, 0.717) is 12.3 Å². The lowest BCUT2D eigenvalue weighted by molar-refractivity contribution is -0.123. The first-order valence-electron chi connectivity index (χ1n) is 5.47. The molecule has 6 heteroatoms. The molecule has 0 heterocycles. The number of hydrogen-bond donors (Lipinski definition) is 2. The van der Waals surface area contributed by atoms with E-state index in [4.69, 9.17) is 21.4 Å². The molecule has 0 aliphatic rings. The van der Waals surface area contributed by atoms with Crippen LogP contribution in [-0.2, 0) is 4.79 Å². The van der Waals surface area contributed by atoms with Crippen molar-refractivity contribution in [3.05, 3.63) is 28.8 Å². The molecule has 2 N–H and O–H groups in total. The first-order chi connectivity index (χ1) is 8.54. The number of aromatic carboxylic acids is 1. The number of ether oxygens (including phenoxy) is 1. The molecule has 0 unspecified atom stereocenters. The molecular weight excluding hydrogens is 258 g/mol. The molecule has 98 valence electrons. The maximum Gasteiger partial charge on any atom is 0.337 e. The van der Waals surface area contributed by atoms with E-state index in [2.05, 4.69) is 5.32 Å². The maximum atomic E-state index is 11.3. The molecule has 0 saturated heterocycles. The van der Waals surface area contributed by atoms with E-state index in [1.165, 1.54) is 18.2 Å². The van der Waals surface area contributed by atoms with Gasteiger partial charge in [-0.2, -0.15) is 0 Å². The molecule has 0 aromatic heterocycles. The number of rotatable bonds is 6. The molecule has 1 aromatic carbocycles. The molecule has 0 saturated carbocycles. The average molecular weight is 272 g/mol. The fourth-order valence-corrected chi connectivity index (χ4v) is 1.42. The second-order valence-electron chi connectivity index (χ2n) is 3.59. The Morgan fingerprint density at radius 2 is 2.17 bits per heavy atom. The van der Waals surface area contributed by atoms with Crippen molar-refractivity contribution in [2.24, 2.45) is 0 Å².